The molecule has 0 spiro atoms. The minimum Gasteiger partial charge on any atom is -0.465 e. The van der Waals surface area contributed by atoms with Gasteiger partial charge in [0.25, 0.3) is 0 Å². The summed E-state index contributed by atoms with van der Waals surface area (Å²) in [7, 11) is 1.40. The van der Waals surface area contributed by atoms with Crippen molar-refractivity contribution in [3.8, 4) is 0 Å². The maximum absolute atomic E-state index is 10.9. The molecule has 0 aromatic carbocycles. The molecular formula is C8H10O2S. The van der Waals surface area contributed by atoms with Crippen molar-refractivity contribution < 1.29 is 9.53 Å². The first kappa shape index (κ1) is 8.27. The Morgan fingerprint density at radius 1 is 1.73 bits per heavy atom. The van der Waals surface area contributed by atoms with Crippen molar-refractivity contribution in [1.29, 1.82) is 0 Å². The van der Waals surface area contributed by atoms with E-state index in [0.717, 1.165) is 6.42 Å². The summed E-state index contributed by atoms with van der Waals surface area (Å²) in [4.78, 5) is 11.6. The summed E-state index contributed by atoms with van der Waals surface area (Å²) in [5.74, 6) is -0.241. The van der Waals surface area contributed by atoms with Crippen molar-refractivity contribution in [1.82, 2.24) is 0 Å². The van der Waals surface area contributed by atoms with E-state index in [4.69, 9.17) is 0 Å². The van der Waals surface area contributed by atoms with Gasteiger partial charge in [0.1, 0.15) is 4.88 Å². The number of methoxy groups -OCH3 is 1. The molecule has 1 rings (SSSR count). The zero-order valence-electron chi connectivity index (χ0n) is 6.59. The van der Waals surface area contributed by atoms with Crippen LogP contribution in [0.2, 0.25) is 0 Å². The molecule has 11 heavy (non-hydrogen) atoms. The first-order valence-corrected chi connectivity index (χ1v) is 4.31. The Kier molecular flexibility index (Phi) is 2.65. The largest absolute Gasteiger partial charge is 0.465 e. The van der Waals surface area contributed by atoms with Crippen LogP contribution in [0.3, 0.4) is 0 Å². The first-order valence-electron chi connectivity index (χ1n) is 3.43. The molecule has 1 aromatic rings. The quantitative estimate of drug-likeness (QED) is 0.635. The normalized spacial score (nSPS) is 9.64. The molecule has 0 saturated heterocycles. The zero-order chi connectivity index (χ0) is 8.27. The van der Waals surface area contributed by atoms with Gasteiger partial charge in [0.15, 0.2) is 0 Å². The Labute approximate surface area is 69.8 Å². The van der Waals surface area contributed by atoms with Crippen LogP contribution in [-0.2, 0) is 11.2 Å². The molecule has 1 heterocycles. The van der Waals surface area contributed by atoms with E-state index in [1.807, 2.05) is 11.4 Å². The lowest BCUT2D eigenvalue weighted by Crippen LogP contribution is -1.96. The highest BCUT2D eigenvalue weighted by molar-refractivity contribution is 7.12. The minimum absolute atomic E-state index is 0.241. The van der Waals surface area contributed by atoms with Crippen molar-refractivity contribution >= 4 is 17.3 Å². The van der Waals surface area contributed by atoms with Gasteiger partial charge < -0.3 is 4.74 Å². The molecule has 0 N–H and O–H groups in total. The van der Waals surface area contributed by atoms with Gasteiger partial charge in [-0.15, -0.1) is 11.3 Å². The average molecular weight is 170 g/mol. The highest BCUT2D eigenvalue weighted by Gasteiger charge is 2.06. The molecule has 0 saturated carbocycles. The van der Waals surface area contributed by atoms with Gasteiger partial charge in [-0.3, -0.25) is 0 Å². The molecule has 1 aromatic heterocycles. The van der Waals surface area contributed by atoms with Crippen LogP contribution in [0.5, 0.6) is 0 Å². The number of rotatable bonds is 2. The van der Waals surface area contributed by atoms with Crippen LogP contribution in [0.25, 0.3) is 0 Å². The summed E-state index contributed by atoms with van der Waals surface area (Å²) in [6.45, 7) is 2.06. The maximum atomic E-state index is 10.9. The lowest BCUT2D eigenvalue weighted by molar-refractivity contribution is 0.0606. The van der Waals surface area contributed by atoms with Gasteiger partial charge in [0.05, 0.1) is 7.11 Å². The van der Waals surface area contributed by atoms with Crippen molar-refractivity contribution in [2.24, 2.45) is 0 Å². The van der Waals surface area contributed by atoms with Gasteiger partial charge in [-0.05, 0) is 23.4 Å². The fraction of sp³-hybridized carbons (Fsp3) is 0.375. The molecule has 0 aliphatic carbocycles. The van der Waals surface area contributed by atoms with Gasteiger partial charge in [-0.2, -0.15) is 0 Å². The molecule has 0 atom stereocenters. The third-order valence-electron chi connectivity index (χ3n) is 1.45. The molecule has 0 fully saturated rings. The number of carbonyl (C=O) groups is 1. The minimum atomic E-state index is -0.241. The number of carbonyl (C=O) groups excluding carboxylic acids is 1. The molecule has 60 valence electrons. The monoisotopic (exact) mass is 170 g/mol. The Morgan fingerprint density at radius 2 is 2.45 bits per heavy atom. The average Bonchev–Trinajstić information content (AvgIpc) is 2.50. The number of esters is 1. The van der Waals surface area contributed by atoms with Gasteiger partial charge in [0.2, 0.25) is 0 Å². The first-order chi connectivity index (χ1) is 5.27. The summed E-state index contributed by atoms with van der Waals surface area (Å²) < 4.78 is 4.57. The Hall–Kier alpha value is -0.830. The van der Waals surface area contributed by atoms with E-state index in [2.05, 4.69) is 11.7 Å². The predicted octanol–water partition coefficient (Wildman–Crippen LogP) is 2.10. The van der Waals surface area contributed by atoms with Crippen molar-refractivity contribution in [3.63, 3.8) is 0 Å². The predicted molar refractivity (Wildman–Crippen MR) is 45.0 cm³/mol. The number of hydrogen-bond donors (Lipinski definition) is 0. The van der Waals surface area contributed by atoms with Crippen LogP contribution in [-0.4, -0.2) is 13.1 Å². The molecule has 0 radical (unpaired) electrons. The van der Waals surface area contributed by atoms with E-state index in [-0.39, 0.29) is 5.97 Å². The fourth-order valence-corrected chi connectivity index (χ4v) is 1.68. The summed E-state index contributed by atoms with van der Waals surface area (Å²) in [5, 5.41) is 1.98. The Bertz CT molecular complexity index is 252. The van der Waals surface area contributed by atoms with Crippen LogP contribution in [0.1, 0.15) is 22.2 Å². The molecule has 0 aliphatic heterocycles. The highest BCUT2D eigenvalue weighted by atomic mass is 32.1. The number of hydrogen-bond acceptors (Lipinski definition) is 3. The van der Waals surface area contributed by atoms with Crippen LogP contribution in [0, 0.1) is 0 Å². The standard InChI is InChI=1S/C8H10O2S/c1-3-6-4-7(11-5-6)8(9)10-2/h4-5H,3H2,1-2H3. The van der Waals surface area contributed by atoms with E-state index >= 15 is 0 Å². The highest BCUT2D eigenvalue weighted by Crippen LogP contribution is 2.15. The van der Waals surface area contributed by atoms with Crippen LogP contribution in [0.15, 0.2) is 11.4 Å². The lowest BCUT2D eigenvalue weighted by Gasteiger charge is -1.91. The molecule has 0 aliphatic rings. The SMILES string of the molecule is CCc1csc(C(=O)OC)c1. The molecule has 0 amide bonds. The van der Waals surface area contributed by atoms with Crippen molar-refractivity contribution in [2.45, 2.75) is 13.3 Å². The number of aryl methyl sites for hydroxylation is 1. The molecule has 0 bridgehead atoms. The molecule has 3 heteroatoms. The third-order valence-corrected chi connectivity index (χ3v) is 2.41. The van der Waals surface area contributed by atoms with Crippen LogP contribution < -0.4 is 0 Å². The maximum Gasteiger partial charge on any atom is 0.348 e. The van der Waals surface area contributed by atoms with Gasteiger partial charge >= 0.3 is 5.97 Å². The van der Waals surface area contributed by atoms with E-state index < -0.39 is 0 Å². The molecule has 0 unspecified atom stereocenters. The van der Waals surface area contributed by atoms with Crippen LogP contribution in [0.4, 0.5) is 0 Å². The molecule has 2 nitrogen and oxygen atoms in total. The summed E-state index contributed by atoms with van der Waals surface area (Å²) in [6.07, 6.45) is 0.966. The lowest BCUT2D eigenvalue weighted by atomic mass is 10.2. The van der Waals surface area contributed by atoms with Crippen molar-refractivity contribution in [2.75, 3.05) is 7.11 Å². The third kappa shape index (κ3) is 1.80. The van der Waals surface area contributed by atoms with Crippen molar-refractivity contribution in [3.05, 3.63) is 21.9 Å². The van der Waals surface area contributed by atoms with Gasteiger partial charge in [0, 0.05) is 0 Å². The smallest absolute Gasteiger partial charge is 0.348 e. The van der Waals surface area contributed by atoms with E-state index in [0.29, 0.717) is 4.88 Å². The number of thiophene rings is 1. The van der Waals surface area contributed by atoms with Gasteiger partial charge in [-0.1, -0.05) is 6.92 Å². The van der Waals surface area contributed by atoms with Gasteiger partial charge in [-0.25, -0.2) is 4.79 Å². The fourth-order valence-electron chi connectivity index (χ4n) is 0.769. The summed E-state index contributed by atoms with van der Waals surface area (Å²) >= 11 is 1.43. The topological polar surface area (TPSA) is 26.3 Å². The van der Waals surface area contributed by atoms with Crippen LogP contribution >= 0.6 is 11.3 Å². The van der Waals surface area contributed by atoms with E-state index in [1.165, 1.54) is 24.0 Å². The Balaban J connectivity index is 2.80. The summed E-state index contributed by atoms with van der Waals surface area (Å²) in [6, 6.07) is 1.87. The second-order valence-electron chi connectivity index (χ2n) is 2.16. The van der Waals surface area contributed by atoms with E-state index in [9.17, 15) is 4.79 Å². The zero-order valence-corrected chi connectivity index (χ0v) is 7.40. The molecular weight excluding hydrogens is 160 g/mol. The Morgan fingerprint density at radius 3 is 2.91 bits per heavy atom. The second-order valence-corrected chi connectivity index (χ2v) is 3.08. The van der Waals surface area contributed by atoms with E-state index in [1.54, 1.807) is 0 Å². The second kappa shape index (κ2) is 3.53. The summed E-state index contributed by atoms with van der Waals surface area (Å²) in [5.41, 5.74) is 1.19. The number of ether oxygens (including phenoxy) is 1.